The highest BCUT2D eigenvalue weighted by atomic mass is 32.1. The number of hydrogen-bond donors (Lipinski definition) is 2. The first kappa shape index (κ1) is 22.6. The largest absolute Gasteiger partial charge is 0.465 e. The van der Waals surface area contributed by atoms with Crippen LogP contribution < -0.4 is 10.6 Å². The number of nitrogens with zero attached hydrogens (tertiary/aromatic N) is 1. The molecule has 32 heavy (non-hydrogen) atoms. The van der Waals surface area contributed by atoms with Crippen molar-refractivity contribution >= 4 is 45.5 Å². The predicted octanol–water partition coefficient (Wildman–Crippen LogP) is 4.56. The number of nitrogens with one attached hydrogen (secondary N) is 2. The molecule has 0 aliphatic carbocycles. The van der Waals surface area contributed by atoms with E-state index in [1.165, 1.54) is 31.4 Å². The van der Waals surface area contributed by atoms with E-state index >= 15 is 0 Å². The number of amides is 2. The standard InChI is InChI=1S/C22H19N3O6S/c1-12-7-9-14(10-8-12)19(26)24-21-17(22(28)31-3)13(2)18(32-21)20(27)23-15-5-4-6-16(11-15)25(29)30/h4-11H,1-3H3,(H,23,27)(H,24,26). The Morgan fingerprint density at radius 2 is 1.69 bits per heavy atom. The molecule has 3 aromatic rings. The van der Waals surface area contributed by atoms with Gasteiger partial charge in [-0.15, -0.1) is 11.3 Å². The van der Waals surface area contributed by atoms with Gasteiger partial charge in [-0.3, -0.25) is 19.7 Å². The molecule has 0 spiro atoms. The van der Waals surface area contributed by atoms with Crippen LogP contribution in [0.1, 0.15) is 41.5 Å². The second-order valence-electron chi connectivity index (χ2n) is 6.83. The van der Waals surface area contributed by atoms with Crippen molar-refractivity contribution in [3.05, 3.63) is 85.8 Å². The third kappa shape index (κ3) is 4.81. The summed E-state index contributed by atoms with van der Waals surface area (Å²) in [5.41, 5.74) is 1.82. The third-order valence-electron chi connectivity index (χ3n) is 4.60. The Morgan fingerprint density at radius 3 is 2.31 bits per heavy atom. The Hall–Kier alpha value is -4.05. The van der Waals surface area contributed by atoms with Crippen molar-refractivity contribution in [2.45, 2.75) is 13.8 Å². The summed E-state index contributed by atoms with van der Waals surface area (Å²) >= 11 is 0.915. The van der Waals surface area contributed by atoms with Crippen LogP contribution in [0.4, 0.5) is 16.4 Å². The normalized spacial score (nSPS) is 10.3. The average Bonchev–Trinajstić information content (AvgIpc) is 3.09. The van der Waals surface area contributed by atoms with E-state index in [0.717, 1.165) is 16.9 Å². The average molecular weight is 453 g/mol. The van der Waals surface area contributed by atoms with E-state index in [1.54, 1.807) is 31.2 Å². The Balaban J connectivity index is 1.92. The first-order chi connectivity index (χ1) is 15.2. The smallest absolute Gasteiger partial charge is 0.341 e. The number of hydrogen-bond acceptors (Lipinski definition) is 7. The van der Waals surface area contributed by atoms with Gasteiger partial charge < -0.3 is 15.4 Å². The van der Waals surface area contributed by atoms with Gasteiger partial charge in [0.15, 0.2) is 0 Å². The predicted molar refractivity (Wildman–Crippen MR) is 121 cm³/mol. The third-order valence-corrected chi connectivity index (χ3v) is 5.80. The van der Waals surface area contributed by atoms with Crippen molar-refractivity contribution in [1.82, 2.24) is 0 Å². The highest BCUT2D eigenvalue weighted by Gasteiger charge is 2.27. The van der Waals surface area contributed by atoms with Gasteiger partial charge in [-0.1, -0.05) is 23.8 Å². The molecule has 2 amide bonds. The van der Waals surface area contributed by atoms with Gasteiger partial charge in [-0.2, -0.15) is 0 Å². The quantitative estimate of drug-likeness (QED) is 0.320. The number of benzene rings is 2. The van der Waals surface area contributed by atoms with Gasteiger partial charge in [0.1, 0.15) is 5.00 Å². The van der Waals surface area contributed by atoms with Gasteiger partial charge in [0, 0.05) is 23.4 Å². The molecule has 0 aliphatic rings. The second-order valence-corrected chi connectivity index (χ2v) is 7.85. The number of carbonyl (C=O) groups excluding carboxylic acids is 3. The van der Waals surface area contributed by atoms with E-state index in [0.29, 0.717) is 11.1 Å². The van der Waals surface area contributed by atoms with Crippen LogP contribution in [0.15, 0.2) is 48.5 Å². The number of esters is 1. The molecule has 0 saturated carbocycles. The van der Waals surface area contributed by atoms with Gasteiger partial charge in [0.2, 0.25) is 0 Å². The molecule has 0 bridgehead atoms. The zero-order valence-electron chi connectivity index (χ0n) is 17.4. The van der Waals surface area contributed by atoms with Crippen LogP contribution in [-0.2, 0) is 4.74 Å². The number of rotatable bonds is 6. The molecule has 2 N–H and O–H groups in total. The van der Waals surface area contributed by atoms with Crippen LogP contribution in [0.3, 0.4) is 0 Å². The summed E-state index contributed by atoms with van der Waals surface area (Å²) in [6, 6.07) is 12.4. The number of anilines is 2. The summed E-state index contributed by atoms with van der Waals surface area (Å²) in [6.07, 6.45) is 0. The zero-order chi connectivity index (χ0) is 23.4. The van der Waals surface area contributed by atoms with Gasteiger partial charge in [-0.05, 0) is 37.6 Å². The molecule has 0 unspecified atom stereocenters. The number of methoxy groups -OCH3 is 1. The topological polar surface area (TPSA) is 128 Å². The second kappa shape index (κ2) is 9.40. The van der Waals surface area contributed by atoms with Crippen molar-refractivity contribution < 1.29 is 24.0 Å². The minimum atomic E-state index is -0.702. The lowest BCUT2D eigenvalue weighted by atomic mass is 10.1. The molecule has 10 heteroatoms. The number of nitro benzene ring substituents is 1. The van der Waals surface area contributed by atoms with Gasteiger partial charge >= 0.3 is 5.97 Å². The van der Waals surface area contributed by atoms with E-state index in [-0.39, 0.29) is 26.8 Å². The van der Waals surface area contributed by atoms with Gasteiger partial charge in [0.25, 0.3) is 17.5 Å². The fourth-order valence-electron chi connectivity index (χ4n) is 2.93. The monoisotopic (exact) mass is 453 g/mol. The highest BCUT2D eigenvalue weighted by Crippen LogP contribution is 2.34. The molecular formula is C22H19N3O6S. The van der Waals surface area contributed by atoms with Crippen molar-refractivity contribution in [3.8, 4) is 0 Å². The molecule has 2 aromatic carbocycles. The van der Waals surface area contributed by atoms with Crippen LogP contribution in [0.25, 0.3) is 0 Å². The number of aryl methyl sites for hydroxylation is 1. The van der Waals surface area contributed by atoms with Crippen molar-refractivity contribution in [2.75, 3.05) is 17.7 Å². The zero-order valence-corrected chi connectivity index (χ0v) is 18.2. The van der Waals surface area contributed by atoms with Crippen LogP contribution in [0.5, 0.6) is 0 Å². The molecular weight excluding hydrogens is 434 g/mol. The Kier molecular flexibility index (Phi) is 6.64. The summed E-state index contributed by atoms with van der Waals surface area (Å²) in [6.45, 7) is 3.46. The molecule has 164 valence electrons. The molecule has 3 rings (SSSR count). The Bertz CT molecular complexity index is 1220. The maximum absolute atomic E-state index is 12.9. The van der Waals surface area contributed by atoms with Crippen molar-refractivity contribution in [2.24, 2.45) is 0 Å². The summed E-state index contributed by atoms with van der Waals surface area (Å²) in [5, 5.41) is 16.4. The van der Waals surface area contributed by atoms with E-state index in [2.05, 4.69) is 10.6 Å². The lowest BCUT2D eigenvalue weighted by Gasteiger charge is -2.06. The number of ether oxygens (including phenoxy) is 1. The summed E-state index contributed by atoms with van der Waals surface area (Å²) < 4.78 is 4.82. The maximum Gasteiger partial charge on any atom is 0.341 e. The lowest BCUT2D eigenvalue weighted by molar-refractivity contribution is -0.384. The number of thiophene rings is 1. The Morgan fingerprint density at radius 1 is 1.00 bits per heavy atom. The molecule has 0 radical (unpaired) electrons. The molecule has 0 saturated heterocycles. The molecule has 0 atom stereocenters. The van der Waals surface area contributed by atoms with Crippen LogP contribution in [0.2, 0.25) is 0 Å². The number of non-ortho nitro benzene ring substituents is 1. The van der Waals surface area contributed by atoms with Gasteiger partial charge in [-0.25, -0.2) is 4.79 Å². The molecule has 9 nitrogen and oxygen atoms in total. The molecule has 1 aromatic heterocycles. The highest BCUT2D eigenvalue weighted by molar-refractivity contribution is 7.19. The summed E-state index contributed by atoms with van der Waals surface area (Å²) in [5.74, 6) is -1.72. The number of carbonyl (C=O) groups is 3. The molecule has 0 fully saturated rings. The maximum atomic E-state index is 12.9. The first-order valence-electron chi connectivity index (χ1n) is 9.36. The van der Waals surface area contributed by atoms with Crippen LogP contribution in [0, 0.1) is 24.0 Å². The van der Waals surface area contributed by atoms with Crippen LogP contribution >= 0.6 is 11.3 Å². The van der Waals surface area contributed by atoms with Crippen molar-refractivity contribution in [3.63, 3.8) is 0 Å². The SMILES string of the molecule is COC(=O)c1c(NC(=O)c2ccc(C)cc2)sc(C(=O)Nc2cccc([N+](=O)[O-])c2)c1C. The lowest BCUT2D eigenvalue weighted by Crippen LogP contribution is -2.14. The van der Waals surface area contributed by atoms with Crippen LogP contribution in [-0.4, -0.2) is 29.8 Å². The summed E-state index contributed by atoms with van der Waals surface area (Å²) in [7, 11) is 1.20. The van der Waals surface area contributed by atoms with E-state index in [9.17, 15) is 24.5 Å². The fraction of sp³-hybridized carbons (Fsp3) is 0.136. The minimum Gasteiger partial charge on any atom is -0.465 e. The Labute approximate surface area is 187 Å². The van der Waals surface area contributed by atoms with E-state index in [4.69, 9.17) is 4.74 Å². The summed E-state index contributed by atoms with van der Waals surface area (Å²) in [4.78, 5) is 48.4. The molecule has 0 aliphatic heterocycles. The fourth-order valence-corrected chi connectivity index (χ4v) is 4.02. The van der Waals surface area contributed by atoms with E-state index in [1.807, 2.05) is 6.92 Å². The van der Waals surface area contributed by atoms with E-state index < -0.39 is 22.7 Å². The molecule has 1 heterocycles. The number of nitro groups is 1. The first-order valence-corrected chi connectivity index (χ1v) is 10.2. The minimum absolute atomic E-state index is 0.0714. The van der Waals surface area contributed by atoms with Crippen molar-refractivity contribution in [1.29, 1.82) is 0 Å². The van der Waals surface area contributed by atoms with Gasteiger partial charge in [0.05, 0.1) is 22.5 Å².